The van der Waals surface area contributed by atoms with Crippen LogP contribution < -0.4 is 5.32 Å². The van der Waals surface area contributed by atoms with E-state index in [0.717, 1.165) is 45.2 Å². The van der Waals surface area contributed by atoms with E-state index >= 15 is 0 Å². The quantitative estimate of drug-likeness (QED) is 0.325. The maximum Gasteiger partial charge on any atom is 0.340 e. The second-order valence-electron chi connectivity index (χ2n) is 9.89. The van der Waals surface area contributed by atoms with Crippen LogP contribution in [-0.2, 0) is 19.1 Å². The van der Waals surface area contributed by atoms with Crippen molar-refractivity contribution in [3.05, 3.63) is 92.6 Å². The second kappa shape index (κ2) is 11.5. The molecule has 5 aliphatic rings. The van der Waals surface area contributed by atoms with Crippen LogP contribution >= 0.6 is 25.3 Å². The number of methoxy groups -OCH3 is 2. The van der Waals surface area contributed by atoms with E-state index in [9.17, 15) is 9.59 Å². The molecule has 0 amide bonds. The van der Waals surface area contributed by atoms with Gasteiger partial charge in [-0.05, 0) is 66.4 Å². The number of nitrogens with zero attached hydrogens (tertiary/aromatic N) is 3. The first-order valence-corrected chi connectivity index (χ1v) is 14.1. The molecule has 0 spiro atoms. The number of thiol groups is 2. The maximum absolute atomic E-state index is 12.7. The number of hydrogen-bond donors (Lipinski definition) is 3. The summed E-state index contributed by atoms with van der Waals surface area (Å²) in [5.41, 5.74) is 9.11. The number of fused-ring (bicyclic) bond motifs is 5. The Labute approximate surface area is 244 Å². The first-order valence-electron chi connectivity index (χ1n) is 12.9. The number of hydrogen-bond acceptors (Lipinski definition) is 10. The van der Waals surface area contributed by atoms with E-state index in [2.05, 4.69) is 37.5 Å². The van der Waals surface area contributed by atoms with E-state index in [4.69, 9.17) is 24.5 Å². The van der Waals surface area contributed by atoms with Crippen LogP contribution in [0.2, 0.25) is 0 Å². The van der Waals surface area contributed by atoms with E-state index in [-0.39, 0.29) is 24.2 Å². The summed E-state index contributed by atoms with van der Waals surface area (Å²) in [5.74, 6) is -0.276. The Hall–Kier alpha value is -3.63. The van der Waals surface area contributed by atoms with Gasteiger partial charge in [0.1, 0.15) is 0 Å². The molecule has 0 radical (unpaired) electrons. The van der Waals surface area contributed by atoms with Crippen molar-refractivity contribution in [2.24, 2.45) is 26.8 Å². The van der Waals surface area contributed by atoms with E-state index in [1.165, 1.54) is 14.2 Å². The molecule has 1 N–H and O–H groups in total. The summed E-state index contributed by atoms with van der Waals surface area (Å²) < 4.78 is 9.97. The maximum atomic E-state index is 12.7. The Bertz CT molecular complexity index is 1550. The molecule has 1 fully saturated rings. The minimum atomic E-state index is -0.483. The van der Waals surface area contributed by atoms with Gasteiger partial charge in [-0.15, -0.1) is 0 Å². The molecular formula is C30H30N4O4S2. The molecular weight excluding hydrogens is 544 g/mol. The van der Waals surface area contributed by atoms with Crippen LogP contribution in [-0.4, -0.2) is 49.0 Å². The van der Waals surface area contributed by atoms with Gasteiger partial charge in [-0.2, -0.15) is 25.3 Å². The Morgan fingerprint density at radius 2 is 1.68 bits per heavy atom. The lowest BCUT2D eigenvalue weighted by atomic mass is 9.88. The molecule has 206 valence electrons. The SMILES string of the molecule is COC(=O)CC[C@@H]1C2=CC3=NC(=CC4=NC(=CC5=NC(=C(C)C5=CS)C=C(N2)[C@H]1C)C=C4CS)C=C3C(=O)OC. The zero-order valence-electron chi connectivity index (χ0n) is 22.7. The summed E-state index contributed by atoms with van der Waals surface area (Å²) in [5, 5.41) is 5.31. The van der Waals surface area contributed by atoms with Crippen LogP contribution in [0.5, 0.6) is 0 Å². The lowest BCUT2D eigenvalue weighted by molar-refractivity contribution is -0.141. The molecule has 5 aliphatic heterocycles. The first kappa shape index (κ1) is 27.9. The molecule has 40 heavy (non-hydrogen) atoms. The summed E-state index contributed by atoms with van der Waals surface area (Å²) in [4.78, 5) is 39.3. The highest BCUT2D eigenvalue weighted by Gasteiger charge is 2.35. The standard InChI is InChI=1S/C30H30N4O4S2/c1-15-20(5-6-29(35)37-3)27-12-28-21(30(36)38-4)8-19(32-28)9-25-17(13-39)7-18(31-25)10-26-22(14-40)16(2)24(33-26)11-23(15)34-27/h7-12,14-15,20,34,39-40H,5-6,13H2,1-4H3/t15-,20-/m0/s1. The number of ether oxygens (including phenoxy) is 2. The fourth-order valence-corrected chi connectivity index (χ4v) is 5.85. The minimum absolute atomic E-state index is 0.0393. The average molecular weight is 575 g/mol. The topological polar surface area (TPSA) is 102 Å². The van der Waals surface area contributed by atoms with Gasteiger partial charge in [-0.1, -0.05) is 6.92 Å². The van der Waals surface area contributed by atoms with Gasteiger partial charge in [0.15, 0.2) is 0 Å². The van der Waals surface area contributed by atoms with Crippen molar-refractivity contribution in [2.45, 2.75) is 26.7 Å². The van der Waals surface area contributed by atoms with Gasteiger partial charge in [0.25, 0.3) is 0 Å². The number of carbonyl (C=O) groups excluding carboxylic acids is 2. The highest BCUT2D eigenvalue weighted by atomic mass is 32.1. The highest BCUT2D eigenvalue weighted by molar-refractivity contribution is 7.83. The predicted octanol–water partition coefficient (Wildman–Crippen LogP) is 4.75. The lowest BCUT2D eigenvalue weighted by Crippen LogP contribution is -2.15. The molecule has 2 atom stereocenters. The summed E-state index contributed by atoms with van der Waals surface area (Å²) in [6, 6.07) is 0. The van der Waals surface area contributed by atoms with Gasteiger partial charge in [0.05, 0.1) is 54.0 Å². The van der Waals surface area contributed by atoms with Gasteiger partial charge >= 0.3 is 11.9 Å². The normalized spacial score (nSPS) is 24.2. The molecule has 0 aromatic rings. The van der Waals surface area contributed by atoms with Crippen LogP contribution in [0.25, 0.3) is 0 Å². The van der Waals surface area contributed by atoms with E-state index in [0.29, 0.717) is 34.9 Å². The molecule has 0 aliphatic carbocycles. The zero-order valence-corrected chi connectivity index (χ0v) is 24.5. The summed E-state index contributed by atoms with van der Waals surface area (Å²) in [6.45, 7) is 4.13. The molecule has 8 bridgehead atoms. The third kappa shape index (κ3) is 5.25. The van der Waals surface area contributed by atoms with Gasteiger partial charge in [-0.25, -0.2) is 19.8 Å². The van der Waals surface area contributed by atoms with Crippen molar-refractivity contribution in [3.8, 4) is 0 Å². The molecule has 10 heteroatoms. The molecule has 5 heterocycles. The predicted molar refractivity (Wildman–Crippen MR) is 163 cm³/mol. The largest absolute Gasteiger partial charge is 0.469 e. The van der Waals surface area contributed by atoms with Crippen molar-refractivity contribution in [1.82, 2.24) is 5.32 Å². The molecule has 5 rings (SSSR count). The number of esters is 2. The molecule has 8 nitrogen and oxygen atoms in total. The van der Waals surface area contributed by atoms with E-state index in [1.807, 2.05) is 37.3 Å². The Morgan fingerprint density at radius 3 is 2.38 bits per heavy atom. The Balaban J connectivity index is 1.70. The van der Waals surface area contributed by atoms with Crippen molar-refractivity contribution in [3.63, 3.8) is 0 Å². The van der Waals surface area contributed by atoms with Crippen molar-refractivity contribution >= 4 is 54.3 Å². The second-order valence-corrected chi connectivity index (χ2v) is 10.5. The van der Waals surface area contributed by atoms with Gasteiger partial charge in [0, 0.05) is 41.0 Å². The van der Waals surface area contributed by atoms with Crippen LogP contribution in [0.1, 0.15) is 26.7 Å². The van der Waals surface area contributed by atoms with Gasteiger partial charge < -0.3 is 14.8 Å². The smallest absolute Gasteiger partial charge is 0.340 e. The highest BCUT2D eigenvalue weighted by Crippen LogP contribution is 2.39. The fraction of sp³-hybridized carbons (Fsp3) is 0.300. The van der Waals surface area contributed by atoms with Crippen LogP contribution in [0.4, 0.5) is 0 Å². The van der Waals surface area contributed by atoms with E-state index in [1.54, 1.807) is 11.5 Å². The third-order valence-electron chi connectivity index (χ3n) is 7.55. The third-order valence-corrected chi connectivity index (χ3v) is 8.15. The molecule has 0 aromatic carbocycles. The molecule has 0 aromatic heterocycles. The Kier molecular flexibility index (Phi) is 8.00. The van der Waals surface area contributed by atoms with Crippen LogP contribution in [0.15, 0.2) is 108 Å². The monoisotopic (exact) mass is 574 g/mol. The number of rotatable bonds is 5. The first-order chi connectivity index (χ1) is 19.3. The molecule has 0 unspecified atom stereocenters. The summed E-state index contributed by atoms with van der Waals surface area (Å²) >= 11 is 8.97. The van der Waals surface area contributed by atoms with Crippen molar-refractivity contribution in [1.29, 1.82) is 0 Å². The Morgan fingerprint density at radius 1 is 0.950 bits per heavy atom. The van der Waals surface area contributed by atoms with E-state index < -0.39 is 5.97 Å². The van der Waals surface area contributed by atoms with Crippen LogP contribution in [0.3, 0.4) is 0 Å². The van der Waals surface area contributed by atoms with Crippen LogP contribution in [0, 0.1) is 11.8 Å². The number of aliphatic imine (C=N–C) groups is 3. The summed E-state index contributed by atoms with van der Waals surface area (Å²) in [7, 11) is 2.74. The van der Waals surface area contributed by atoms with Gasteiger partial charge in [0.2, 0.25) is 0 Å². The zero-order chi connectivity index (χ0) is 28.6. The molecule has 1 saturated heterocycles. The number of carbonyl (C=O) groups is 2. The minimum Gasteiger partial charge on any atom is -0.469 e. The summed E-state index contributed by atoms with van der Waals surface area (Å²) in [6.07, 6.45) is 12.2. The van der Waals surface area contributed by atoms with Crippen molar-refractivity contribution in [2.75, 3.05) is 20.0 Å². The number of allylic oxidation sites excluding steroid dienone is 10. The van der Waals surface area contributed by atoms with Crippen molar-refractivity contribution < 1.29 is 19.1 Å². The average Bonchev–Trinajstić information content (AvgIpc) is 3.67. The fourth-order valence-electron chi connectivity index (χ4n) is 5.28. The van der Waals surface area contributed by atoms with Gasteiger partial charge in [-0.3, -0.25) is 4.79 Å². The number of nitrogens with one attached hydrogen (secondary N) is 1. The molecule has 0 saturated carbocycles. The lowest BCUT2D eigenvalue weighted by Gasteiger charge is -2.15.